The highest BCUT2D eigenvalue weighted by molar-refractivity contribution is 7.09. The van der Waals surface area contributed by atoms with Crippen LogP contribution in [-0.4, -0.2) is 66.5 Å². The van der Waals surface area contributed by atoms with Gasteiger partial charge in [0.15, 0.2) is 5.78 Å². The predicted octanol–water partition coefficient (Wildman–Crippen LogP) is 1.94. The summed E-state index contributed by atoms with van der Waals surface area (Å²) >= 11 is 1.39. The summed E-state index contributed by atoms with van der Waals surface area (Å²) in [5, 5.41) is 19.2. The highest BCUT2D eigenvalue weighted by atomic mass is 32.1. The molecule has 0 aromatic carbocycles. The molecule has 184 valence electrons. The fourth-order valence-electron chi connectivity index (χ4n) is 5.06. The summed E-state index contributed by atoms with van der Waals surface area (Å²) < 4.78 is 0. The second-order valence-corrected chi connectivity index (χ2v) is 10.9. The van der Waals surface area contributed by atoms with Crippen molar-refractivity contribution in [3.63, 3.8) is 0 Å². The fraction of sp³-hybridized carbons (Fsp3) is 0.500. The number of ketones is 1. The molecule has 0 atom stereocenters. The largest absolute Gasteiger partial charge is 0.396 e. The van der Waals surface area contributed by atoms with Gasteiger partial charge in [0.2, 0.25) is 11.9 Å². The van der Waals surface area contributed by atoms with E-state index in [1.807, 2.05) is 10.3 Å². The molecule has 0 saturated carbocycles. The Morgan fingerprint density at radius 3 is 2.74 bits per heavy atom. The molecule has 35 heavy (non-hydrogen) atoms. The van der Waals surface area contributed by atoms with Crippen LogP contribution in [0.1, 0.15) is 59.0 Å². The quantitative estimate of drug-likeness (QED) is 0.439. The van der Waals surface area contributed by atoms with Gasteiger partial charge in [-0.25, -0.2) is 15.0 Å². The topological polar surface area (TPSA) is 151 Å². The molecule has 1 aliphatic heterocycles. The smallest absolute Gasteiger partial charge is 0.228 e. The Morgan fingerprint density at radius 1 is 1.23 bits per heavy atom. The first-order valence-corrected chi connectivity index (χ1v) is 12.7. The van der Waals surface area contributed by atoms with Crippen molar-refractivity contribution in [3.8, 4) is 11.4 Å². The molecule has 10 nitrogen and oxygen atoms in total. The summed E-state index contributed by atoms with van der Waals surface area (Å²) in [5.74, 6) is 0.393. The van der Waals surface area contributed by atoms with Gasteiger partial charge in [-0.05, 0) is 36.2 Å². The number of nitrogens with two attached hydrogens (primary N) is 1. The first kappa shape index (κ1) is 23.6. The number of carbonyl (C=O) groups excluding carboxylic acids is 2. The van der Waals surface area contributed by atoms with Crippen LogP contribution < -0.4 is 5.73 Å². The first-order valence-electron chi connectivity index (χ1n) is 11.8. The van der Waals surface area contributed by atoms with Gasteiger partial charge < -0.3 is 15.7 Å². The Hall–Kier alpha value is -3.18. The Balaban J connectivity index is 1.29. The van der Waals surface area contributed by atoms with E-state index in [9.17, 15) is 14.7 Å². The summed E-state index contributed by atoms with van der Waals surface area (Å²) in [4.78, 5) is 40.8. The summed E-state index contributed by atoms with van der Waals surface area (Å²) in [6.07, 6.45) is 4.41. The van der Waals surface area contributed by atoms with E-state index in [2.05, 4.69) is 39.0 Å². The normalized spacial score (nSPS) is 17.2. The third-order valence-electron chi connectivity index (χ3n) is 6.93. The van der Waals surface area contributed by atoms with Crippen LogP contribution in [0.3, 0.4) is 0 Å². The van der Waals surface area contributed by atoms with Crippen molar-refractivity contribution in [2.24, 2.45) is 5.92 Å². The zero-order valence-electron chi connectivity index (χ0n) is 19.9. The molecule has 1 amide bonds. The molecule has 4 N–H and O–H groups in total. The fourth-order valence-corrected chi connectivity index (χ4v) is 5.85. The average molecular weight is 496 g/mol. The minimum atomic E-state index is -0.330. The van der Waals surface area contributed by atoms with Crippen molar-refractivity contribution < 1.29 is 14.7 Å². The third kappa shape index (κ3) is 4.57. The van der Waals surface area contributed by atoms with Gasteiger partial charge in [-0.3, -0.25) is 14.7 Å². The van der Waals surface area contributed by atoms with Crippen LogP contribution in [0.4, 0.5) is 5.95 Å². The number of nitrogen functional groups attached to an aromatic ring is 1. The summed E-state index contributed by atoms with van der Waals surface area (Å²) in [6.45, 7) is 5.66. The number of amides is 1. The van der Waals surface area contributed by atoms with Crippen molar-refractivity contribution in [3.05, 3.63) is 39.1 Å². The number of aromatic nitrogens is 5. The number of anilines is 1. The van der Waals surface area contributed by atoms with Crippen LogP contribution in [0.25, 0.3) is 11.4 Å². The molecule has 1 fully saturated rings. The maximum absolute atomic E-state index is 13.3. The van der Waals surface area contributed by atoms with E-state index in [4.69, 9.17) is 5.73 Å². The number of thiazole rings is 1. The van der Waals surface area contributed by atoms with Gasteiger partial charge in [-0.1, -0.05) is 13.8 Å². The zero-order chi connectivity index (χ0) is 24.7. The number of rotatable bonds is 6. The highest BCUT2D eigenvalue weighted by Gasteiger charge is 2.38. The van der Waals surface area contributed by atoms with Gasteiger partial charge in [0.05, 0.1) is 24.2 Å². The van der Waals surface area contributed by atoms with E-state index in [0.29, 0.717) is 47.3 Å². The summed E-state index contributed by atoms with van der Waals surface area (Å²) in [6, 6.07) is 0. The number of aliphatic hydroxyl groups excluding tert-OH is 1. The molecular weight excluding hydrogens is 466 g/mol. The number of nitrogens with one attached hydrogen (secondary N) is 1. The van der Waals surface area contributed by atoms with E-state index in [1.165, 1.54) is 11.3 Å². The molecule has 3 aromatic heterocycles. The van der Waals surface area contributed by atoms with Crippen molar-refractivity contribution >= 4 is 29.0 Å². The predicted molar refractivity (Wildman–Crippen MR) is 131 cm³/mol. The van der Waals surface area contributed by atoms with E-state index in [-0.39, 0.29) is 48.4 Å². The number of piperidine rings is 1. The number of hydrogen-bond acceptors (Lipinski definition) is 9. The third-order valence-corrected chi connectivity index (χ3v) is 7.83. The average Bonchev–Trinajstić information content (AvgIpc) is 3.47. The molecule has 0 bridgehead atoms. The van der Waals surface area contributed by atoms with E-state index < -0.39 is 0 Å². The number of carbonyl (C=O) groups is 2. The standard InChI is InChI=1S/C24H29N7O3S/c1-24(2)9-14-10-26-23(25)28-20(14)22-19(24)21(29-30-22)16(33)8-17-27-15(12-35-17)7-18(34)31-5-3-13(11-32)4-6-31/h10,12-13,32H,3-9,11H2,1-2H3,(H,29,30)(H2,25,26,28). The van der Waals surface area contributed by atoms with Crippen LogP contribution in [0.15, 0.2) is 11.6 Å². The van der Waals surface area contributed by atoms with Gasteiger partial charge >= 0.3 is 0 Å². The first-order chi connectivity index (χ1) is 16.7. The number of nitrogens with zero attached hydrogens (tertiary/aromatic N) is 5. The molecule has 11 heteroatoms. The Morgan fingerprint density at radius 2 is 2.00 bits per heavy atom. The monoisotopic (exact) mass is 495 g/mol. The van der Waals surface area contributed by atoms with Crippen LogP contribution in [0.5, 0.6) is 0 Å². The molecule has 0 radical (unpaired) electrons. The van der Waals surface area contributed by atoms with Gasteiger partial charge in [0.1, 0.15) is 16.4 Å². The SMILES string of the molecule is CC1(C)Cc2cnc(N)nc2-c2n[nH]c(C(=O)Cc3nc(CC(=O)N4CCC(CO)CC4)cs3)c21. The maximum atomic E-state index is 13.3. The molecule has 5 rings (SSSR count). The molecule has 2 aliphatic rings. The lowest BCUT2D eigenvalue weighted by atomic mass is 9.73. The number of fused-ring (bicyclic) bond motifs is 3. The van der Waals surface area contributed by atoms with Crippen LogP contribution in [0.2, 0.25) is 0 Å². The lowest BCUT2D eigenvalue weighted by molar-refractivity contribution is -0.132. The van der Waals surface area contributed by atoms with Crippen molar-refractivity contribution in [2.45, 2.75) is 51.4 Å². The van der Waals surface area contributed by atoms with Gasteiger partial charge in [0, 0.05) is 36.8 Å². The molecular formula is C24H29N7O3S. The molecule has 0 spiro atoms. The Kier molecular flexibility index (Phi) is 6.14. The number of H-pyrrole nitrogens is 1. The van der Waals surface area contributed by atoms with Gasteiger partial charge in [-0.2, -0.15) is 5.10 Å². The lowest BCUT2D eigenvalue weighted by Gasteiger charge is -2.31. The summed E-state index contributed by atoms with van der Waals surface area (Å²) in [5.41, 5.74) is 9.72. The zero-order valence-corrected chi connectivity index (χ0v) is 20.7. The minimum Gasteiger partial charge on any atom is -0.396 e. The lowest BCUT2D eigenvalue weighted by Crippen LogP contribution is -2.40. The van der Waals surface area contributed by atoms with E-state index >= 15 is 0 Å². The second kappa shape index (κ2) is 9.12. The maximum Gasteiger partial charge on any atom is 0.228 e. The Bertz CT molecular complexity index is 1270. The number of hydrogen-bond donors (Lipinski definition) is 3. The van der Waals surface area contributed by atoms with Crippen molar-refractivity contribution in [1.29, 1.82) is 0 Å². The van der Waals surface area contributed by atoms with Crippen LogP contribution in [-0.2, 0) is 29.5 Å². The minimum absolute atomic E-state index is 0.0360. The molecule has 1 aliphatic carbocycles. The van der Waals surface area contributed by atoms with Crippen molar-refractivity contribution in [2.75, 3.05) is 25.4 Å². The molecule has 4 heterocycles. The number of aliphatic hydroxyl groups is 1. The van der Waals surface area contributed by atoms with E-state index in [1.54, 1.807) is 6.20 Å². The number of likely N-dealkylation sites (tertiary alicyclic amines) is 1. The molecule has 0 unspecified atom stereocenters. The molecule has 3 aromatic rings. The van der Waals surface area contributed by atoms with Gasteiger partial charge in [0.25, 0.3) is 0 Å². The molecule has 1 saturated heterocycles. The van der Waals surface area contributed by atoms with Crippen molar-refractivity contribution in [1.82, 2.24) is 30.0 Å². The van der Waals surface area contributed by atoms with Gasteiger partial charge in [-0.15, -0.1) is 11.3 Å². The number of aromatic amines is 1. The van der Waals surface area contributed by atoms with Crippen LogP contribution >= 0.6 is 11.3 Å². The second-order valence-electron chi connectivity index (χ2n) is 10.0. The van der Waals surface area contributed by atoms with E-state index in [0.717, 1.165) is 24.0 Å². The summed E-state index contributed by atoms with van der Waals surface area (Å²) in [7, 11) is 0. The number of Topliss-reactive ketones (excluding diaryl/α,β-unsaturated/α-hetero) is 1. The van der Waals surface area contributed by atoms with Crippen LogP contribution in [0, 0.1) is 5.92 Å². The highest BCUT2D eigenvalue weighted by Crippen LogP contribution is 2.43. The Labute approximate surface area is 207 Å².